The van der Waals surface area contributed by atoms with Gasteiger partial charge in [-0.2, -0.15) is 0 Å². The quantitative estimate of drug-likeness (QED) is 0.611. The zero-order chi connectivity index (χ0) is 9.90. The fraction of sp³-hybridized carbons (Fsp3) is 0.231. The Morgan fingerprint density at radius 3 is 2.15 bits per heavy atom. The Bertz CT molecular complexity index is 313. The van der Waals surface area contributed by atoms with Gasteiger partial charge in [-0.1, -0.05) is 36.4 Å². The highest BCUT2D eigenvalue weighted by Crippen LogP contribution is 2.28. The van der Waals surface area contributed by atoms with E-state index in [0.29, 0.717) is 0 Å². The number of allylic oxidation sites excluding steroid dienone is 2. The summed E-state index contributed by atoms with van der Waals surface area (Å²) in [7, 11) is 0. The predicted molar refractivity (Wildman–Crippen MR) is 58.9 cm³/mol. The third kappa shape index (κ3) is 1.72. The van der Waals surface area contributed by atoms with Crippen molar-refractivity contribution in [3.63, 3.8) is 0 Å². The van der Waals surface area contributed by atoms with Gasteiger partial charge in [0.15, 0.2) is 0 Å². The number of benzene rings is 1. The Kier molecular flexibility index (Phi) is 2.72. The van der Waals surface area contributed by atoms with Crippen LogP contribution in [0.3, 0.4) is 0 Å². The average Bonchev–Trinajstić information content (AvgIpc) is 2.17. The molecule has 68 valence electrons. The smallest absolute Gasteiger partial charge is 0.0281 e. The highest BCUT2D eigenvalue weighted by atomic mass is 14.2. The Labute approximate surface area is 80.6 Å². The molecule has 0 fully saturated rings. The molecular formula is C13H16. The van der Waals surface area contributed by atoms with Crippen molar-refractivity contribution in [2.24, 2.45) is 0 Å². The van der Waals surface area contributed by atoms with Crippen LogP contribution in [0, 0.1) is 6.92 Å². The van der Waals surface area contributed by atoms with E-state index in [-0.39, 0.29) is 5.41 Å². The molecule has 0 bridgehead atoms. The first-order valence-electron chi connectivity index (χ1n) is 4.47. The van der Waals surface area contributed by atoms with Gasteiger partial charge in [0, 0.05) is 5.41 Å². The highest BCUT2D eigenvalue weighted by molar-refractivity contribution is 5.39. The van der Waals surface area contributed by atoms with Crippen molar-refractivity contribution in [2.45, 2.75) is 19.3 Å². The molecule has 1 aromatic carbocycles. The summed E-state index contributed by atoms with van der Waals surface area (Å²) < 4.78 is 0. The Morgan fingerprint density at radius 2 is 1.69 bits per heavy atom. The fourth-order valence-corrected chi connectivity index (χ4v) is 1.48. The summed E-state index contributed by atoms with van der Waals surface area (Å²) in [5.74, 6) is 0. The van der Waals surface area contributed by atoms with Gasteiger partial charge in [-0.25, -0.2) is 0 Å². The zero-order valence-electron chi connectivity index (χ0n) is 8.38. The number of hydrogen-bond donors (Lipinski definition) is 0. The third-order valence-corrected chi connectivity index (χ3v) is 2.57. The van der Waals surface area contributed by atoms with Gasteiger partial charge >= 0.3 is 0 Å². The van der Waals surface area contributed by atoms with Crippen molar-refractivity contribution in [1.82, 2.24) is 0 Å². The summed E-state index contributed by atoms with van der Waals surface area (Å²) in [6.07, 6.45) is 3.87. The minimum absolute atomic E-state index is 0.106. The van der Waals surface area contributed by atoms with Crippen LogP contribution in [-0.2, 0) is 5.41 Å². The van der Waals surface area contributed by atoms with Gasteiger partial charge < -0.3 is 0 Å². The van der Waals surface area contributed by atoms with Gasteiger partial charge in [-0.05, 0) is 25.0 Å². The van der Waals surface area contributed by atoms with E-state index in [1.54, 1.807) is 0 Å². The minimum Gasteiger partial charge on any atom is -0.102 e. The normalized spacial score (nSPS) is 10.9. The summed E-state index contributed by atoms with van der Waals surface area (Å²) in [5.41, 5.74) is 2.45. The maximum Gasteiger partial charge on any atom is 0.0281 e. The van der Waals surface area contributed by atoms with E-state index in [2.05, 4.69) is 39.1 Å². The molecule has 0 amide bonds. The van der Waals surface area contributed by atoms with Gasteiger partial charge in [-0.15, -0.1) is 13.2 Å². The zero-order valence-corrected chi connectivity index (χ0v) is 8.38. The van der Waals surface area contributed by atoms with Crippen LogP contribution in [0.25, 0.3) is 0 Å². The van der Waals surface area contributed by atoms with Crippen LogP contribution >= 0.6 is 0 Å². The molecule has 0 N–H and O–H groups in total. The largest absolute Gasteiger partial charge is 0.102 e. The Hall–Kier alpha value is -1.30. The lowest BCUT2D eigenvalue weighted by Gasteiger charge is -2.23. The number of hydrogen-bond acceptors (Lipinski definition) is 0. The molecule has 0 radical (unpaired) electrons. The maximum atomic E-state index is 3.85. The second-order valence-electron chi connectivity index (χ2n) is 3.51. The van der Waals surface area contributed by atoms with E-state index in [1.165, 1.54) is 11.1 Å². The van der Waals surface area contributed by atoms with Crippen LogP contribution in [0.1, 0.15) is 18.1 Å². The maximum absolute atomic E-state index is 3.85. The van der Waals surface area contributed by atoms with Crippen LogP contribution in [0.2, 0.25) is 0 Å². The van der Waals surface area contributed by atoms with E-state index in [0.717, 1.165) is 0 Å². The van der Waals surface area contributed by atoms with Crippen LogP contribution in [-0.4, -0.2) is 0 Å². The van der Waals surface area contributed by atoms with Crippen molar-refractivity contribution >= 4 is 0 Å². The lowest BCUT2D eigenvalue weighted by molar-refractivity contribution is 0.755. The first-order valence-corrected chi connectivity index (χ1v) is 4.47. The molecule has 0 aliphatic rings. The molecule has 13 heavy (non-hydrogen) atoms. The van der Waals surface area contributed by atoms with Crippen molar-refractivity contribution in [3.05, 3.63) is 60.7 Å². The molecule has 0 spiro atoms. The number of aryl methyl sites for hydroxylation is 1. The standard InChI is InChI=1S/C13H16/c1-5-13(4,6-2)12-10-8-7-9-11(12)3/h5-10H,1-2H2,3-4H3. The van der Waals surface area contributed by atoms with Gasteiger partial charge in [0.1, 0.15) is 0 Å². The number of rotatable bonds is 3. The molecule has 0 heterocycles. The lowest BCUT2D eigenvalue weighted by atomic mass is 9.80. The van der Waals surface area contributed by atoms with Crippen molar-refractivity contribution in [2.75, 3.05) is 0 Å². The van der Waals surface area contributed by atoms with E-state index >= 15 is 0 Å². The Morgan fingerprint density at radius 1 is 1.15 bits per heavy atom. The molecular weight excluding hydrogens is 156 g/mol. The van der Waals surface area contributed by atoms with Crippen LogP contribution < -0.4 is 0 Å². The average molecular weight is 172 g/mol. The van der Waals surface area contributed by atoms with Crippen molar-refractivity contribution in [1.29, 1.82) is 0 Å². The third-order valence-electron chi connectivity index (χ3n) is 2.57. The SMILES string of the molecule is C=CC(C)(C=C)c1ccccc1C. The van der Waals surface area contributed by atoms with Crippen LogP contribution in [0.15, 0.2) is 49.6 Å². The molecule has 0 saturated carbocycles. The monoisotopic (exact) mass is 172 g/mol. The second kappa shape index (κ2) is 3.61. The van der Waals surface area contributed by atoms with Gasteiger partial charge in [-0.3, -0.25) is 0 Å². The van der Waals surface area contributed by atoms with Gasteiger partial charge in [0.25, 0.3) is 0 Å². The Balaban J connectivity index is 3.27. The topological polar surface area (TPSA) is 0 Å². The van der Waals surface area contributed by atoms with Crippen LogP contribution in [0.4, 0.5) is 0 Å². The molecule has 0 aliphatic carbocycles. The van der Waals surface area contributed by atoms with Crippen molar-refractivity contribution in [3.8, 4) is 0 Å². The molecule has 0 nitrogen and oxygen atoms in total. The summed E-state index contributed by atoms with van der Waals surface area (Å²) >= 11 is 0. The van der Waals surface area contributed by atoms with Crippen LogP contribution in [0.5, 0.6) is 0 Å². The van der Waals surface area contributed by atoms with Crippen molar-refractivity contribution < 1.29 is 0 Å². The summed E-state index contributed by atoms with van der Waals surface area (Å²) in [6, 6.07) is 8.33. The molecule has 0 atom stereocenters. The highest BCUT2D eigenvalue weighted by Gasteiger charge is 2.19. The first kappa shape index (κ1) is 9.79. The minimum atomic E-state index is -0.106. The van der Waals surface area contributed by atoms with E-state index in [4.69, 9.17) is 0 Å². The molecule has 0 aromatic heterocycles. The van der Waals surface area contributed by atoms with E-state index in [9.17, 15) is 0 Å². The molecule has 0 saturated heterocycles. The molecule has 1 rings (SSSR count). The molecule has 0 aliphatic heterocycles. The van der Waals surface area contributed by atoms with E-state index in [1.807, 2.05) is 24.3 Å². The molecule has 0 unspecified atom stereocenters. The molecule has 0 heteroatoms. The summed E-state index contributed by atoms with van der Waals surface area (Å²) in [4.78, 5) is 0. The second-order valence-corrected chi connectivity index (χ2v) is 3.51. The van der Waals surface area contributed by atoms with Gasteiger partial charge in [0.2, 0.25) is 0 Å². The fourth-order valence-electron chi connectivity index (χ4n) is 1.48. The predicted octanol–water partition coefficient (Wildman–Crippen LogP) is 3.62. The summed E-state index contributed by atoms with van der Waals surface area (Å²) in [5, 5.41) is 0. The molecule has 1 aromatic rings. The van der Waals surface area contributed by atoms with E-state index < -0.39 is 0 Å². The summed E-state index contributed by atoms with van der Waals surface area (Å²) in [6.45, 7) is 11.9. The lowest BCUT2D eigenvalue weighted by Crippen LogP contribution is -2.15. The van der Waals surface area contributed by atoms with Gasteiger partial charge in [0.05, 0.1) is 0 Å². The first-order chi connectivity index (χ1) is 6.14.